The lowest BCUT2D eigenvalue weighted by molar-refractivity contribution is 0.276. The average molecular weight is 232 g/mol. The topological polar surface area (TPSA) is 29.5 Å². The minimum Gasteiger partial charge on any atom is -0.457 e. The SMILES string of the molecule is Cc1cccc(Oc2ccc(F)cc2CO)c1. The van der Waals surface area contributed by atoms with Crippen LogP contribution in [0.15, 0.2) is 42.5 Å². The lowest BCUT2D eigenvalue weighted by Gasteiger charge is -2.10. The smallest absolute Gasteiger partial charge is 0.133 e. The number of benzene rings is 2. The van der Waals surface area contributed by atoms with E-state index in [-0.39, 0.29) is 12.4 Å². The maximum Gasteiger partial charge on any atom is 0.133 e. The van der Waals surface area contributed by atoms with E-state index in [2.05, 4.69) is 0 Å². The number of aliphatic hydroxyl groups is 1. The number of hydrogen-bond acceptors (Lipinski definition) is 2. The van der Waals surface area contributed by atoms with Gasteiger partial charge >= 0.3 is 0 Å². The maximum absolute atomic E-state index is 13.0. The van der Waals surface area contributed by atoms with Crippen molar-refractivity contribution in [2.24, 2.45) is 0 Å². The van der Waals surface area contributed by atoms with Gasteiger partial charge in [0, 0.05) is 5.56 Å². The summed E-state index contributed by atoms with van der Waals surface area (Å²) in [5.74, 6) is 0.761. The van der Waals surface area contributed by atoms with Gasteiger partial charge in [0.05, 0.1) is 6.61 Å². The Balaban J connectivity index is 2.29. The molecule has 0 fully saturated rings. The van der Waals surface area contributed by atoms with Crippen LogP contribution < -0.4 is 4.74 Å². The minimum atomic E-state index is -0.384. The monoisotopic (exact) mass is 232 g/mol. The molecule has 0 amide bonds. The second kappa shape index (κ2) is 4.97. The summed E-state index contributed by atoms with van der Waals surface area (Å²) in [6.45, 7) is 1.71. The molecule has 0 heterocycles. The van der Waals surface area contributed by atoms with Gasteiger partial charge in [-0.05, 0) is 42.8 Å². The molecule has 2 aromatic carbocycles. The number of aryl methyl sites for hydroxylation is 1. The highest BCUT2D eigenvalue weighted by atomic mass is 19.1. The molecule has 2 rings (SSSR count). The van der Waals surface area contributed by atoms with Crippen molar-refractivity contribution in [1.82, 2.24) is 0 Å². The first-order chi connectivity index (χ1) is 8.19. The number of halogens is 1. The molecule has 0 radical (unpaired) electrons. The number of rotatable bonds is 3. The van der Waals surface area contributed by atoms with E-state index < -0.39 is 0 Å². The summed E-state index contributed by atoms with van der Waals surface area (Å²) in [6.07, 6.45) is 0. The Hall–Kier alpha value is -1.87. The summed E-state index contributed by atoms with van der Waals surface area (Å²) in [5.41, 5.74) is 1.52. The van der Waals surface area contributed by atoms with Crippen molar-refractivity contribution in [2.75, 3.05) is 0 Å². The molecule has 3 heteroatoms. The molecule has 0 aromatic heterocycles. The Kier molecular flexibility index (Phi) is 3.40. The highest BCUT2D eigenvalue weighted by Gasteiger charge is 2.05. The number of aliphatic hydroxyl groups excluding tert-OH is 1. The largest absolute Gasteiger partial charge is 0.457 e. The first-order valence-corrected chi connectivity index (χ1v) is 5.33. The van der Waals surface area contributed by atoms with Crippen LogP contribution in [0.5, 0.6) is 11.5 Å². The molecule has 0 aliphatic carbocycles. The molecule has 2 aromatic rings. The van der Waals surface area contributed by atoms with E-state index in [9.17, 15) is 4.39 Å². The van der Waals surface area contributed by atoms with E-state index in [0.29, 0.717) is 17.1 Å². The minimum absolute atomic E-state index is 0.251. The molecule has 88 valence electrons. The quantitative estimate of drug-likeness (QED) is 0.878. The van der Waals surface area contributed by atoms with Gasteiger partial charge in [0.1, 0.15) is 17.3 Å². The van der Waals surface area contributed by atoms with Gasteiger partial charge in [-0.1, -0.05) is 12.1 Å². The molecule has 2 nitrogen and oxygen atoms in total. The zero-order valence-corrected chi connectivity index (χ0v) is 9.48. The second-order valence-corrected chi connectivity index (χ2v) is 3.83. The summed E-state index contributed by atoms with van der Waals surface area (Å²) in [5, 5.41) is 9.13. The van der Waals surface area contributed by atoms with E-state index in [4.69, 9.17) is 9.84 Å². The van der Waals surface area contributed by atoms with E-state index >= 15 is 0 Å². The molecule has 0 saturated heterocycles. The van der Waals surface area contributed by atoms with E-state index in [0.717, 1.165) is 5.56 Å². The Morgan fingerprint density at radius 2 is 2.00 bits per heavy atom. The van der Waals surface area contributed by atoms with Gasteiger partial charge in [-0.3, -0.25) is 0 Å². The third-order valence-corrected chi connectivity index (χ3v) is 2.41. The first kappa shape index (κ1) is 11.6. The third-order valence-electron chi connectivity index (χ3n) is 2.41. The summed E-state index contributed by atoms with van der Waals surface area (Å²) in [4.78, 5) is 0. The predicted octanol–water partition coefficient (Wildman–Crippen LogP) is 3.42. The molecule has 0 unspecified atom stereocenters. The van der Waals surface area contributed by atoms with Crippen LogP contribution in [0.3, 0.4) is 0 Å². The van der Waals surface area contributed by atoms with Crippen LogP contribution in [0.25, 0.3) is 0 Å². The van der Waals surface area contributed by atoms with Crippen LogP contribution in [0, 0.1) is 12.7 Å². The van der Waals surface area contributed by atoms with E-state index in [1.165, 1.54) is 18.2 Å². The fraction of sp³-hybridized carbons (Fsp3) is 0.143. The molecular formula is C14H13FO2. The van der Waals surface area contributed by atoms with Crippen LogP contribution in [0.4, 0.5) is 4.39 Å². The van der Waals surface area contributed by atoms with Gasteiger partial charge < -0.3 is 9.84 Å². The van der Waals surface area contributed by atoms with Crippen molar-refractivity contribution in [3.05, 3.63) is 59.4 Å². The molecule has 17 heavy (non-hydrogen) atoms. The summed E-state index contributed by atoms with van der Waals surface area (Å²) in [6, 6.07) is 11.6. The maximum atomic E-state index is 13.0. The molecule has 0 aliphatic heterocycles. The molecule has 0 bridgehead atoms. The fourth-order valence-corrected chi connectivity index (χ4v) is 1.58. The molecule has 1 N–H and O–H groups in total. The van der Waals surface area contributed by atoms with Crippen molar-refractivity contribution in [3.63, 3.8) is 0 Å². The normalized spacial score (nSPS) is 10.3. The predicted molar refractivity (Wildman–Crippen MR) is 63.6 cm³/mol. The fourth-order valence-electron chi connectivity index (χ4n) is 1.58. The Bertz CT molecular complexity index is 523. The van der Waals surface area contributed by atoms with Crippen molar-refractivity contribution in [3.8, 4) is 11.5 Å². The van der Waals surface area contributed by atoms with Crippen molar-refractivity contribution >= 4 is 0 Å². The Labute approximate surface area is 99.3 Å². The second-order valence-electron chi connectivity index (χ2n) is 3.83. The third kappa shape index (κ3) is 2.82. The van der Waals surface area contributed by atoms with Crippen molar-refractivity contribution in [2.45, 2.75) is 13.5 Å². The van der Waals surface area contributed by atoms with Gasteiger partial charge in [-0.25, -0.2) is 4.39 Å². The van der Waals surface area contributed by atoms with Gasteiger partial charge in [0.2, 0.25) is 0 Å². The zero-order chi connectivity index (χ0) is 12.3. The van der Waals surface area contributed by atoms with Gasteiger partial charge in [-0.2, -0.15) is 0 Å². The Morgan fingerprint density at radius 1 is 1.18 bits per heavy atom. The summed E-state index contributed by atoms with van der Waals surface area (Å²) >= 11 is 0. The van der Waals surface area contributed by atoms with Crippen LogP contribution in [0.2, 0.25) is 0 Å². The lowest BCUT2D eigenvalue weighted by atomic mass is 10.2. The van der Waals surface area contributed by atoms with Gasteiger partial charge in [-0.15, -0.1) is 0 Å². The van der Waals surface area contributed by atoms with Crippen molar-refractivity contribution < 1.29 is 14.2 Å². The van der Waals surface area contributed by atoms with E-state index in [1.807, 2.05) is 31.2 Å². The standard InChI is InChI=1S/C14H13FO2/c1-10-3-2-4-13(7-10)17-14-6-5-12(15)8-11(14)9-16/h2-8,16H,9H2,1H3. The first-order valence-electron chi connectivity index (χ1n) is 5.33. The zero-order valence-electron chi connectivity index (χ0n) is 9.48. The number of ether oxygens (including phenoxy) is 1. The van der Waals surface area contributed by atoms with Crippen LogP contribution in [-0.4, -0.2) is 5.11 Å². The average Bonchev–Trinajstić information content (AvgIpc) is 2.31. The summed E-state index contributed by atoms with van der Waals surface area (Å²) in [7, 11) is 0. The van der Waals surface area contributed by atoms with Gasteiger partial charge in [0.25, 0.3) is 0 Å². The molecule has 0 atom stereocenters. The number of hydrogen-bond donors (Lipinski definition) is 1. The van der Waals surface area contributed by atoms with Crippen molar-refractivity contribution in [1.29, 1.82) is 0 Å². The molecule has 0 spiro atoms. The molecular weight excluding hydrogens is 219 g/mol. The van der Waals surface area contributed by atoms with E-state index in [1.54, 1.807) is 0 Å². The summed E-state index contributed by atoms with van der Waals surface area (Å²) < 4.78 is 18.6. The molecule has 0 aliphatic rings. The highest BCUT2D eigenvalue weighted by Crippen LogP contribution is 2.26. The van der Waals surface area contributed by atoms with Crippen LogP contribution >= 0.6 is 0 Å². The molecule has 0 saturated carbocycles. The van der Waals surface area contributed by atoms with Crippen LogP contribution in [-0.2, 0) is 6.61 Å². The van der Waals surface area contributed by atoms with Crippen LogP contribution in [0.1, 0.15) is 11.1 Å². The lowest BCUT2D eigenvalue weighted by Crippen LogP contribution is -1.93. The highest BCUT2D eigenvalue weighted by molar-refractivity contribution is 5.38. The Morgan fingerprint density at radius 3 is 2.71 bits per heavy atom. The van der Waals surface area contributed by atoms with Gasteiger partial charge in [0.15, 0.2) is 0 Å².